The summed E-state index contributed by atoms with van der Waals surface area (Å²) in [7, 11) is 0. The third kappa shape index (κ3) is 3.06. The smallest absolute Gasteiger partial charge is 0.319 e. The van der Waals surface area contributed by atoms with Crippen LogP contribution >= 0.6 is 0 Å². The Kier molecular flexibility index (Phi) is 4.77. The Balaban J connectivity index is 1.87. The molecule has 1 aliphatic rings. The third-order valence-electron chi connectivity index (χ3n) is 4.81. The van der Waals surface area contributed by atoms with Crippen LogP contribution in [0.25, 0.3) is 0 Å². The quantitative estimate of drug-likeness (QED) is 0.842. The molecule has 3 rings (SSSR count). The van der Waals surface area contributed by atoms with E-state index in [1.54, 1.807) is 31.2 Å². The first-order valence-electron chi connectivity index (χ1n) is 8.71. The highest BCUT2D eigenvalue weighted by Gasteiger charge is 2.48. The predicted octanol–water partition coefficient (Wildman–Crippen LogP) is 3.48. The number of hydrogen-bond donors (Lipinski definition) is 1. The largest absolute Gasteiger partial charge is 0.325 e. The van der Waals surface area contributed by atoms with Crippen molar-refractivity contribution in [2.45, 2.75) is 38.8 Å². The molecular weight excluding hydrogens is 326 g/mol. The van der Waals surface area contributed by atoms with Crippen molar-refractivity contribution >= 4 is 11.9 Å². The van der Waals surface area contributed by atoms with Crippen LogP contribution in [0, 0.1) is 11.3 Å². The molecule has 1 saturated heterocycles. The average Bonchev–Trinajstić information content (AvgIpc) is 2.87. The molecule has 0 aromatic heterocycles. The van der Waals surface area contributed by atoms with Crippen LogP contribution in [0.5, 0.6) is 0 Å². The molecule has 1 fully saturated rings. The van der Waals surface area contributed by atoms with Gasteiger partial charge < -0.3 is 5.32 Å². The number of nitriles is 1. The van der Waals surface area contributed by atoms with Gasteiger partial charge in [0.15, 0.2) is 0 Å². The number of urea groups is 1. The van der Waals surface area contributed by atoms with E-state index in [1.807, 2.05) is 24.3 Å². The van der Waals surface area contributed by atoms with Crippen LogP contribution in [0.1, 0.15) is 42.5 Å². The van der Waals surface area contributed by atoms with Gasteiger partial charge in [-0.25, -0.2) is 4.79 Å². The summed E-state index contributed by atoms with van der Waals surface area (Å²) in [5.41, 5.74) is 1.98. The van der Waals surface area contributed by atoms with Crippen molar-refractivity contribution in [2.75, 3.05) is 0 Å². The Morgan fingerprint density at radius 2 is 1.81 bits per heavy atom. The zero-order valence-corrected chi connectivity index (χ0v) is 15.0. The summed E-state index contributed by atoms with van der Waals surface area (Å²) < 4.78 is 0. The van der Waals surface area contributed by atoms with E-state index in [0.717, 1.165) is 18.4 Å². The first-order chi connectivity index (χ1) is 12.5. The summed E-state index contributed by atoms with van der Waals surface area (Å²) >= 11 is 0. The van der Waals surface area contributed by atoms with E-state index >= 15 is 0 Å². The maximum atomic E-state index is 13.0. The molecular formula is C21H21N3O2. The van der Waals surface area contributed by atoms with Gasteiger partial charge in [0.25, 0.3) is 5.91 Å². The Morgan fingerprint density at radius 1 is 1.12 bits per heavy atom. The van der Waals surface area contributed by atoms with Crippen molar-refractivity contribution in [3.8, 4) is 6.07 Å². The van der Waals surface area contributed by atoms with Gasteiger partial charge in [0.2, 0.25) is 0 Å². The minimum absolute atomic E-state index is 0.0813. The highest BCUT2D eigenvalue weighted by Crippen LogP contribution is 2.30. The van der Waals surface area contributed by atoms with Crippen molar-refractivity contribution in [1.82, 2.24) is 10.2 Å². The fourth-order valence-corrected chi connectivity index (χ4v) is 3.27. The summed E-state index contributed by atoms with van der Waals surface area (Å²) in [4.78, 5) is 26.6. The topological polar surface area (TPSA) is 73.2 Å². The van der Waals surface area contributed by atoms with Crippen molar-refractivity contribution in [2.24, 2.45) is 0 Å². The zero-order chi connectivity index (χ0) is 18.7. The number of benzene rings is 2. The summed E-state index contributed by atoms with van der Waals surface area (Å²) in [6.45, 7) is 3.92. The van der Waals surface area contributed by atoms with Gasteiger partial charge in [0.1, 0.15) is 5.54 Å². The number of aryl methyl sites for hydroxylation is 1. The van der Waals surface area contributed by atoms with Crippen molar-refractivity contribution in [3.63, 3.8) is 0 Å². The van der Waals surface area contributed by atoms with Gasteiger partial charge in [-0.1, -0.05) is 55.8 Å². The third-order valence-corrected chi connectivity index (χ3v) is 4.81. The van der Waals surface area contributed by atoms with Crippen molar-refractivity contribution in [3.05, 3.63) is 70.8 Å². The molecule has 0 spiro atoms. The fraction of sp³-hybridized carbons (Fsp3) is 0.286. The number of rotatable bonds is 5. The van der Waals surface area contributed by atoms with Gasteiger partial charge in [0.05, 0.1) is 18.2 Å². The Labute approximate surface area is 153 Å². The van der Waals surface area contributed by atoms with Gasteiger partial charge in [-0.3, -0.25) is 9.69 Å². The molecule has 3 amide bonds. The summed E-state index contributed by atoms with van der Waals surface area (Å²) in [5, 5.41) is 12.0. The van der Waals surface area contributed by atoms with Crippen LogP contribution in [0.3, 0.4) is 0 Å². The monoisotopic (exact) mass is 347 g/mol. The normalized spacial score (nSPS) is 19.3. The molecule has 26 heavy (non-hydrogen) atoms. The maximum absolute atomic E-state index is 13.0. The molecule has 1 unspecified atom stereocenters. The van der Waals surface area contributed by atoms with E-state index in [1.165, 1.54) is 10.5 Å². The molecule has 0 bridgehead atoms. The predicted molar refractivity (Wildman–Crippen MR) is 98.0 cm³/mol. The summed E-state index contributed by atoms with van der Waals surface area (Å²) in [6.07, 6.45) is 2.03. The first-order valence-corrected chi connectivity index (χ1v) is 8.71. The minimum Gasteiger partial charge on any atom is -0.319 e. The molecule has 2 aromatic rings. The van der Waals surface area contributed by atoms with E-state index in [2.05, 4.69) is 18.3 Å². The van der Waals surface area contributed by atoms with Gasteiger partial charge >= 0.3 is 6.03 Å². The molecule has 1 atom stereocenters. The second kappa shape index (κ2) is 7.01. The van der Waals surface area contributed by atoms with Crippen LogP contribution in [0.15, 0.2) is 48.5 Å². The first kappa shape index (κ1) is 17.7. The number of amides is 3. The van der Waals surface area contributed by atoms with E-state index in [4.69, 9.17) is 0 Å². The van der Waals surface area contributed by atoms with E-state index in [9.17, 15) is 14.9 Å². The lowest BCUT2D eigenvalue weighted by molar-refractivity contribution is -0.131. The highest BCUT2D eigenvalue weighted by atomic mass is 16.2. The van der Waals surface area contributed by atoms with E-state index in [0.29, 0.717) is 11.1 Å². The number of imide groups is 1. The second-order valence-electron chi connectivity index (χ2n) is 6.66. The molecule has 0 saturated carbocycles. The molecule has 132 valence electrons. The fourth-order valence-electron chi connectivity index (χ4n) is 3.27. The highest BCUT2D eigenvalue weighted by molar-refractivity contribution is 6.07. The summed E-state index contributed by atoms with van der Waals surface area (Å²) in [6, 6.07) is 16.4. The lowest BCUT2D eigenvalue weighted by Gasteiger charge is -2.22. The van der Waals surface area contributed by atoms with Crippen LogP contribution in [-0.4, -0.2) is 16.8 Å². The van der Waals surface area contributed by atoms with E-state index in [-0.39, 0.29) is 12.5 Å². The molecule has 5 heteroatoms. The van der Waals surface area contributed by atoms with Crippen molar-refractivity contribution < 1.29 is 9.59 Å². The van der Waals surface area contributed by atoms with Crippen LogP contribution in [-0.2, 0) is 23.3 Å². The maximum Gasteiger partial charge on any atom is 0.325 e. The lowest BCUT2D eigenvalue weighted by Crippen LogP contribution is -2.40. The van der Waals surface area contributed by atoms with Crippen LogP contribution in [0.2, 0.25) is 0 Å². The Hall–Kier alpha value is -3.13. The molecule has 1 aliphatic heterocycles. The SMILES string of the molecule is CCCc1ccc(C2(C)NC(=O)N(Cc3ccccc3C#N)C2=O)cc1. The molecule has 1 N–H and O–H groups in total. The van der Waals surface area contributed by atoms with Gasteiger partial charge in [-0.05, 0) is 36.1 Å². The number of carbonyl (C=O) groups is 2. The minimum atomic E-state index is -1.09. The van der Waals surface area contributed by atoms with Crippen LogP contribution < -0.4 is 5.32 Å². The van der Waals surface area contributed by atoms with Gasteiger partial charge in [0, 0.05) is 0 Å². The second-order valence-corrected chi connectivity index (χ2v) is 6.66. The number of carbonyl (C=O) groups excluding carboxylic acids is 2. The molecule has 5 nitrogen and oxygen atoms in total. The molecule has 1 heterocycles. The molecule has 2 aromatic carbocycles. The molecule has 0 aliphatic carbocycles. The average molecular weight is 347 g/mol. The standard InChI is InChI=1S/C21H21N3O2/c1-3-6-15-9-11-18(12-10-15)21(2)19(25)24(20(26)23-21)14-17-8-5-4-7-16(17)13-22/h4-5,7-12H,3,6,14H2,1-2H3,(H,23,26). The Morgan fingerprint density at radius 3 is 2.46 bits per heavy atom. The summed E-state index contributed by atoms with van der Waals surface area (Å²) in [5.74, 6) is -0.307. The Bertz CT molecular complexity index is 883. The number of hydrogen-bond acceptors (Lipinski definition) is 3. The van der Waals surface area contributed by atoms with E-state index < -0.39 is 11.6 Å². The number of nitrogens with one attached hydrogen (secondary N) is 1. The lowest BCUT2D eigenvalue weighted by atomic mass is 9.91. The van der Waals surface area contributed by atoms with Gasteiger partial charge in [-0.15, -0.1) is 0 Å². The van der Waals surface area contributed by atoms with Gasteiger partial charge in [-0.2, -0.15) is 5.26 Å². The van der Waals surface area contributed by atoms with Crippen LogP contribution in [0.4, 0.5) is 4.79 Å². The number of nitrogens with zero attached hydrogens (tertiary/aromatic N) is 2. The van der Waals surface area contributed by atoms with Crippen molar-refractivity contribution in [1.29, 1.82) is 5.26 Å². The molecule has 0 radical (unpaired) electrons. The zero-order valence-electron chi connectivity index (χ0n) is 15.0.